The van der Waals surface area contributed by atoms with Gasteiger partial charge in [-0.1, -0.05) is 18.7 Å². The average Bonchev–Trinajstić information content (AvgIpc) is 2.65. The second-order valence-electron chi connectivity index (χ2n) is 5.17. The second kappa shape index (κ2) is 5.34. The van der Waals surface area contributed by atoms with E-state index in [9.17, 15) is 0 Å². The van der Waals surface area contributed by atoms with Crippen LogP contribution in [0, 0.1) is 6.92 Å². The van der Waals surface area contributed by atoms with Crippen LogP contribution >= 0.6 is 11.8 Å². The number of nitrogens with zero attached hydrogens (tertiary/aromatic N) is 3. The minimum absolute atomic E-state index is 0.216. The minimum atomic E-state index is 0.216. The summed E-state index contributed by atoms with van der Waals surface area (Å²) in [6.45, 7) is 7.26. The Labute approximate surface area is 113 Å². The number of aromatic nitrogens is 2. The van der Waals surface area contributed by atoms with E-state index in [4.69, 9.17) is 0 Å². The van der Waals surface area contributed by atoms with Gasteiger partial charge >= 0.3 is 0 Å². The molecular weight excluding hydrogens is 244 g/mol. The van der Waals surface area contributed by atoms with Crippen molar-refractivity contribution in [3.05, 3.63) is 17.5 Å². The molecule has 1 fully saturated rings. The molecule has 1 unspecified atom stereocenters. The Hall–Kier alpha value is -0.970. The van der Waals surface area contributed by atoms with Crippen LogP contribution in [0.1, 0.15) is 37.9 Å². The van der Waals surface area contributed by atoms with E-state index in [2.05, 4.69) is 29.3 Å². The summed E-state index contributed by atoms with van der Waals surface area (Å²) in [6.07, 6.45) is 4.39. The van der Waals surface area contributed by atoms with Gasteiger partial charge in [0, 0.05) is 30.1 Å². The highest BCUT2D eigenvalue weighted by atomic mass is 32.2. The second-order valence-corrected chi connectivity index (χ2v) is 6.26. The van der Waals surface area contributed by atoms with Crippen molar-refractivity contribution in [2.75, 3.05) is 5.75 Å². The maximum absolute atomic E-state index is 4.69. The lowest BCUT2D eigenvalue weighted by Gasteiger charge is -2.35. The summed E-state index contributed by atoms with van der Waals surface area (Å²) in [5.41, 5.74) is 2.49. The molecule has 2 heterocycles. The predicted molar refractivity (Wildman–Crippen MR) is 78.0 cm³/mol. The third kappa shape index (κ3) is 3.07. The third-order valence-corrected chi connectivity index (χ3v) is 4.50. The van der Waals surface area contributed by atoms with Crippen LogP contribution in [-0.4, -0.2) is 26.2 Å². The molecule has 1 saturated heterocycles. The number of aryl methyl sites for hydroxylation is 2. The van der Waals surface area contributed by atoms with Gasteiger partial charge in [0.1, 0.15) is 0 Å². The van der Waals surface area contributed by atoms with Crippen molar-refractivity contribution in [2.45, 2.75) is 45.7 Å². The number of hydrogen-bond donors (Lipinski definition) is 1. The van der Waals surface area contributed by atoms with E-state index < -0.39 is 0 Å². The first-order valence-corrected chi connectivity index (χ1v) is 7.45. The molecule has 0 spiro atoms. The molecule has 1 aromatic heterocycles. The molecule has 100 valence electrons. The summed E-state index contributed by atoms with van der Waals surface area (Å²) in [5.74, 6) is 1.15. The fourth-order valence-corrected chi connectivity index (χ4v) is 3.26. The van der Waals surface area contributed by atoms with Crippen LogP contribution in [0.2, 0.25) is 0 Å². The van der Waals surface area contributed by atoms with E-state index in [1.54, 1.807) is 0 Å². The van der Waals surface area contributed by atoms with Gasteiger partial charge in [0.2, 0.25) is 0 Å². The van der Waals surface area contributed by atoms with Gasteiger partial charge in [-0.15, -0.1) is 0 Å². The van der Waals surface area contributed by atoms with Gasteiger partial charge < -0.3 is 5.32 Å². The van der Waals surface area contributed by atoms with Gasteiger partial charge in [-0.3, -0.25) is 9.67 Å². The molecule has 0 radical (unpaired) electrons. The van der Waals surface area contributed by atoms with Crippen molar-refractivity contribution >= 4 is 16.9 Å². The molecule has 2 rings (SSSR count). The quantitative estimate of drug-likeness (QED) is 0.914. The van der Waals surface area contributed by atoms with Gasteiger partial charge in [-0.05, 0) is 26.7 Å². The highest BCUT2D eigenvalue weighted by Crippen LogP contribution is 2.25. The number of nitrogens with one attached hydrogen (secondary N) is 1. The molecule has 1 aliphatic heterocycles. The van der Waals surface area contributed by atoms with Crippen LogP contribution in [0.4, 0.5) is 0 Å². The molecule has 1 atom stereocenters. The predicted octanol–water partition coefficient (Wildman–Crippen LogP) is 2.48. The van der Waals surface area contributed by atoms with Crippen LogP contribution in [0.3, 0.4) is 0 Å². The number of rotatable bonds is 3. The summed E-state index contributed by atoms with van der Waals surface area (Å²) in [5, 5.41) is 8.98. The zero-order valence-electron chi connectivity index (χ0n) is 11.7. The van der Waals surface area contributed by atoms with Crippen molar-refractivity contribution < 1.29 is 0 Å². The number of amidine groups is 1. The van der Waals surface area contributed by atoms with E-state index in [1.165, 1.54) is 12.0 Å². The summed E-state index contributed by atoms with van der Waals surface area (Å²) in [7, 11) is 1.95. The van der Waals surface area contributed by atoms with Crippen molar-refractivity contribution in [1.29, 1.82) is 0 Å². The van der Waals surface area contributed by atoms with E-state index in [-0.39, 0.29) is 5.54 Å². The lowest BCUT2D eigenvalue weighted by Crippen LogP contribution is -2.48. The molecule has 4 nitrogen and oxygen atoms in total. The molecule has 0 aliphatic carbocycles. The summed E-state index contributed by atoms with van der Waals surface area (Å²) in [6, 6.07) is 0. The lowest BCUT2D eigenvalue weighted by molar-refractivity contribution is 0.390. The SMILES string of the molecule is CCC1(C)CCSC(=NCc2cn(C)nc2C)N1. The normalized spacial score (nSPS) is 26.3. The zero-order valence-corrected chi connectivity index (χ0v) is 12.5. The molecule has 0 amide bonds. The van der Waals surface area contributed by atoms with Crippen molar-refractivity contribution in [2.24, 2.45) is 12.0 Å². The lowest BCUT2D eigenvalue weighted by atomic mass is 9.96. The van der Waals surface area contributed by atoms with E-state index in [1.807, 2.05) is 36.6 Å². The summed E-state index contributed by atoms with van der Waals surface area (Å²) in [4.78, 5) is 4.69. The number of aliphatic imine (C=N–C) groups is 1. The Morgan fingerprint density at radius 2 is 2.39 bits per heavy atom. The van der Waals surface area contributed by atoms with Crippen LogP contribution in [0.25, 0.3) is 0 Å². The van der Waals surface area contributed by atoms with E-state index >= 15 is 0 Å². The molecule has 1 aliphatic rings. The molecule has 1 aromatic rings. The molecule has 0 saturated carbocycles. The molecule has 5 heteroatoms. The first-order valence-electron chi connectivity index (χ1n) is 6.47. The first-order chi connectivity index (χ1) is 8.52. The van der Waals surface area contributed by atoms with Gasteiger partial charge in [0.05, 0.1) is 12.2 Å². The molecule has 0 bridgehead atoms. The molecular formula is C13H22N4S. The van der Waals surface area contributed by atoms with Gasteiger partial charge in [0.15, 0.2) is 5.17 Å². The maximum atomic E-state index is 4.69. The van der Waals surface area contributed by atoms with Gasteiger partial charge in [-0.2, -0.15) is 5.10 Å². The summed E-state index contributed by atoms with van der Waals surface area (Å²) >= 11 is 1.82. The third-order valence-electron chi connectivity index (χ3n) is 3.59. The van der Waals surface area contributed by atoms with Gasteiger partial charge in [-0.25, -0.2) is 0 Å². The van der Waals surface area contributed by atoms with Crippen LogP contribution in [0.5, 0.6) is 0 Å². The smallest absolute Gasteiger partial charge is 0.157 e. The monoisotopic (exact) mass is 266 g/mol. The van der Waals surface area contributed by atoms with Crippen LogP contribution < -0.4 is 5.32 Å². The van der Waals surface area contributed by atoms with Crippen LogP contribution in [0.15, 0.2) is 11.2 Å². The Kier molecular flexibility index (Phi) is 4.00. The molecule has 1 N–H and O–H groups in total. The Bertz CT molecular complexity index is 452. The standard InChI is InChI=1S/C13H22N4S/c1-5-13(3)6-7-18-12(15-13)14-8-11-9-17(4)16-10(11)2/h9H,5-8H2,1-4H3,(H,14,15). The average molecular weight is 266 g/mol. The van der Waals surface area contributed by atoms with Crippen molar-refractivity contribution in [1.82, 2.24) is 15.1 Å². The maximum Gasteiger partial charge on any atom is 0.157 e. The highest BCUT2D eigenvalue weighted by Gasteiger charge is 2.27. The highest BCUT2D eigenvalue weighted by molar-refractivity contribution is 8.13. The largest absolute Gasteiger partial charge is 0.360 e. The number of hydrogen-bond acceptors (Lipinski definition) is 3. The Morgan fingerprint density at radius 1 is 1.61 bits per heavy atom. The Balaban J connectivity index is 2.03. The molecule has 18 heavy (non-hydrogen) atoms. The minimum Gasteiger partial charge on any atom is -0.360 e. The topological polar surface area (TPSA) is 42.2 Å². The van der Waals surface area contributed by atoms with Crippen LogP contribution in [-0.2, 0) is 13.6 Å². The Morgan fingerprint density at radius 3 is 3.00 bits per heavy atom. The van der Waals surface area contributed by atoms with E-state index in [0.29, 0.717) is 0 Å². The summed E-state index contributed by atoms with van der Waals surface area (Å²) < 4.78 is 1.85. The fraction of sp³-hybridized carbons (Fsp3) is 0.692. The van der Waals surface area contributed by atoms with E-state index in [0.717, 1.165) is 29.6 Å². The van der Waals surface area contributed by atoms with Crippen molar-refractivity contribution in [3.8, 4) is 0 Å². The zero-order chi connectivity index (χ0) is 13.2. The van der Waals surface area contributed by atoms with Crippen molar-refractivity contribution in [3.63, 3.8) is 0 Å². The first kappa shape index (κ1) is 13.5. The fourth-order valence-electron chi connectivity index (χ4n) is 2.04. The number of thioether (sulfide) groups is 1. The van der Waals surface area contributed by atoms with Gasteiger partial charge in [0.25, 0.3) is 0 Å². The molecule has 0 aromatic carbocycles.